The smallest absolute Gasteiger partial charge is 0.0193 e. The van der Waals surface area contributed by atoms with E-state index in [-0.39, 0.29) is 0 Å². The van der Waals surface area contributed by atoms with Gasteiger partial charge in [-0.3, -0.25) is 0 Å². The minimum atomic E-state index is 0.852. The fraction of sp³-hybridized carbons (Fsp3) is 0.125. The minimum Gasteiger partial charge on any atom is -0.0990 e. The zero-order chi connectivity index (χ0) is 7.28. The van der Waals surface area contributed by atoms with Gasteiger partial charge >= 0.3 is 0 Å². The molecular formula is C8H10S. The van der Waals surface area contributed by atoms with Crippen molar-refractivity contribution in [3.8, 4) is 0 Å². The molecule has 0 unspecified atom stereocenters. The van der Waals surface area contributed by atoms with Crippen LogP contribution in [0.15, 0.2) is 37.0 Å². The molecule has 0 atom stereocenters. The first-order valence-corrected chi connectivity index (χ1v) is 3.09. The molecule has 0 saturated carbocycles. The molecule has 0 aliphatic heterocycles. The first-order valence-electron chi connectivity index (χ1n) is 2.68. The van der Waals surface area contributed by atoms with E-state index in [1.54, 1.807) is 12.2 Å². The molecular weight excluding hydrogens is 128 g/mol. The van der Waals surface area contributed by atoms with Crippen molar-refractivity contribution in [1.29, 1.82) is 0 Å². The molecule has 0 aliphatic carbocycles. The Morgan fingerprint density at radius 1 is 1.44 bits per heavy atom. The van der Waals surface area contributed by atoms with Gasteiger partial charge in [-0.25, -0.2) is 0 Å². The van der Waals surface area contributed by atoms with Gasteiger partial charge in [0.25, 0.3) is 0 Å². The molecule has 0 radical (unpaired) electrons. The molecule has 9 heavy (non-hydrogen) atoms. The lowest BCUT2D eigenvalue weighted by molar-refractivity contribution is 1.78. The molecule has 48 valence electrons. The van der Waals surface area contributed by atoms with Gasteiger partial charge in [-0.05, 0) is 12.5 Å². The van der Waals surface area contributed by atoms with E-state index < -0.39 is 0 Å². The molecule has 0 heterocycles. The molecule has 0 bridgehead atoms. The monoisotopic (exact) mass is 138 g/mol. The Balaban J connectivity index is 4.32. The summed E-state index contributed by atoms with van der Waals surface area (Å²) < 4.78 is 0. The fourth-order valence-electron chi connectivity index (χ4n) is 0.456. The molecule has 0 fully saturated rings. The van der Waals surface area contributed by atoms with Crippen LogP contribution in [0, 0.1) is 0 Å². The lowest BCUT2D eigenvalue weighted by atomic mass is 10.2. The van der Waals surface area contributed by atoms with Gasteiger partial charge in [0.2, 0.25) is 0 Å². The quantitative estimate of drug-likeness (QED) is 0.328. The molecule has 0 aromatic carbocycles. The summed E-state index contributed by atoms with van der Waals surface area (Å²) in [5.41, 5.74) is 0.972. The number of rotatable bonds is 3. The van der Waals surface area contributed by atoms with Crippen molar-refractivity contribution < 1.29 is 0 Å². The molecule has 0 amide bonds. The van der Waals surface area contributed by atoms with Crippen LogP contribution >= 0.6 is 12.2 Å². The topological polar surface area (TPSA) is 0 Å². The highest BCUT2D eigenvalue weighted by atomic mass is 32.1. The summed E-state index contributed by atoms with van der Waals surface area (Å²) in [5.74, 6) is 0. The van der Waals surface area contributed by atoms with Crippen LogP contribution in [-0.4, -0.2) is 4.86 Å². The second-order valence-electron chi connectivity index (χ2n) is 1.62. The zero-order valence-electron chi connectivity index (χ0n) is 5.55. The van der Waals surface area contributed by atoms with Gasteiger partial charge < -0.3 is 0 Å². The molecule has 0 saturated heterocycles. The Morgan fingerprint density at radius 2 is 2.00 bits per heavy atom. The third kappa shape index (κ3) is 2.98. The van der Waals surface area contributed by atoms with Crippen LogP contribution < -0.4 is 0 Å². The lowest BCUT2D eigenvalue weighted by Crippen LogP contribution is -1.87. The number of hydrogen-bond acceptors (Lipinski definition) is 1. The van der Waals surface area contributed by atoms with E-state index >= 15 is 0 Å². The van der Waals surface area contributed by atoms with Gasteiger partial charge in [0.1, 0.15) is 0 Å². The van der Waals surface area contributed by atoms with Crippen molar-refractivity contribution in [2.75, 3.05) is 0 Å². The molecule has 0 N–H and O–H groups in total. The first-order chi connectivity index (χ1) is 4.22. The van der Waals surface area contributed by atoms with Crippen molar-refractivity contribution in [3.05, 3.63) is 37.0 Å². The molecule has 0 rings (SSSR count). The Hall–Kier alpha value is -0.690. The maximum absolute atomic E-state index is 4.89. The number of allylic oxidation sites excluding steroid dienone is 4. The van der Waals surface area contributed by atoms with Crippen molar-refractivity contribution >= 4 is 17.1 Å². The summed E-state index contributed by atoms with van der Waals surface area (Å²) in [7, 11) is 0. The van der Waals surface area contributed by atoms with Crippen LogP contribution in [-0.2, 0) is 0 Å². The zero-order valence-corrected chi connectivity index (χ0v) is 6.37. The highest BCUT2D eigenvalue weighted by Crippen LogP contribution is 1.98. The summed E-state index contributed by atoms with van der Waals surface area (Å²) in [6.45, 7) is 9.01. The van der Waals surface area contributed by atoms with Gasteiger partial charge in [-0.1, -0.05) is 43.6 Å². The highest BCUT2D eigenvalue weighted by Gasteiger charge is 1.88. The largest absolute Gasteiger partial charge is 0.0990 e. The van der Waals surface area contributed by atoms with Crippen LogP contribution in [0.3, 0.4) is 0 Å². The standard InChI is InChI=1S/C8H10S/c1-4-6-8(5-2)7(3)9/h4-6H,1-2H2,3H3/b8-6+. The summed E-state index contributed by atoms with van der Waals surface area (Å²) in [5, 5.41) is 0. The summed E-state index contributed by atoms with van der Waals surface area (Å²) in [6, 6.07) is 0. The van der Waals surface area contributed by atoms with E-state index in [1.807, 2.05) is 13.0 Å². The Labute approximate surface area is 61.6 Å². The second kappa shape index (κ2) is 4.21. The van der Waals surface area contributed by atoms with Gasteiger partial charge in [0, 0.05) is 4.86 Å². The third-order valence-electron chi connectivity index (χ3n) is 0.924. The highest BCUT2D eigenvalue weighted by molar-refractivity contribution is 7.80. The third-order valence-corrected chi connectivity index (χ3v) is 1.16. The van der Waals surface area contributed by atoms with Crippen LogP contribution in [0.2, 0.25) is 0 Å². The molecule has 0 aromatic heterocycles. The van der Waals surface area contributed by atoms with Gasteiger partial charge in [0.05, 0.1) is 0 Å². The molecule has 0 aliphatic rings. The van der Waals surface area contributed by atoms with Crippen LogP contribution in [0.5, 0.6) is 0 Å². The average Bonchev–Trinajstić information content (AvgIpc) is 1.82. The van der Waals surface area contributed by atoms with Crippen LogP contribution in [0.1, 0.15) is 6.92 Å². The second-order valence-corrected chi connectivity index (χ2v) is 2.23. The predicted molar refractivity (Wildman–Crippen MR) is 46.7 cm³/mol. The maximum atomic E-state index is 4.89. The van der Waals surface area contributed by atoms with Gasteiger partial charge in [0.15, 0.2) is 0 Å². The number of thiocarbonyl (C=S) groups is 1. The van der Waals surface area contributed by atoms with Crippen LogP contribution in [0.25, 0.3) is 0 Å². The Bertz CT molecular complexity index is 163. The SMILES string of the molecule is C=C/C=C(\C=C)C(C)=S. The molecule has 0 aromatic rings. The molecule has 0 spiro atoms. The van der Waals surface area contributed by atoms with Crippen molar-refractivity contribution in [1.82, 2.24) is 0 Å². The fourth-order valence-corrected chi connectivity index (χ4v) is 0.607. The molecule has 1 heteroatoms. The van der Waals surface area contributed by atoms with Gasteiger partial charge in [-0.2, -0.15) is 0 Å². The minimum absolute atomic E-state index is 0.852. The van der Waals surface area contributed by atoms with Crippen LogP contribution in [0.4, 0.5) is 0 Å². The van der Waals surface area contributed by atoms with E-state index in [0.717, 1.165) is 10.4 Å². The predicted octanol–water partition coefficient (Wildman–Crippen LogP) is 2.67. The summed E-state index contributed by atoms with van der Waals surface area (Å²) in [4.78, 5) is 0.852. The van der Waals surface area contributed by atoms with Gasteiger partial charge in [-0.15, -0.1) is 0 Å². The van der Waals surface area contributed by atoms with Crippen molar-refractivity contribution in [2.24, 2.45) is 0 Å². The summed E-state index contributed by atoms with van der Waals surface area (Å²) in [6.07, 6.45) is 5.27. The van der Waals surface area contributed by atoms with Crippen molar-refractivity contribution in [3.63, 3.8) is 0 Å². The van der Waals surface area contributed by atoms with E-state index in [2.05, 4.69) is 13.2 Å². The van der Waals surface area contributed by atoms with E-state index in [1.165, 1.54) is 0 Å². The molecule has 0 nitrogen and oxygen atoms in total. The van der Waals surface area contributed by atoms with Crippen molar-refractivity contribution in [2.45, 2.75) is 6.92 Å². The van der Waals surface area contributed by atoms with E-state index in [9.17, 15) is 0 Å². The van der Waals surface area contributed by atoms with E-state index in [0.29, 0.717) is 0 Å². The maximum Gasteiger partial charge on any atom is 0.0193 e. The van der Waals surface area contributed by atoms with E-state index in [4.69, 9.17) is 12.2 Å². The Kier molecular flexibility index (Phi) is 3.89. The summed E-state index contributed by atoms with van der Waals surface area (Å²) >= 11 is 4.89. The Morgan fingerprint density at radius 3 is 2.11 bits per heavy atom. The number of hydrogen-bond donors (Lipinski definition) is 0. The lowest BCUT2D eigenvalue weighted by Gasteiger charge is -1.92. The normalized spacial score (nSPS) is 10.6. The average molecular weight is 138 g/mol. The first kappa shape index (κ1) is 8.31.